The molecule has 0 fully saturated rings. The molecule has 27 heavy (non-hydrogen) atoms. The Kier molecular flexibility index (Phi) is 5.14. The highest BCUT2D eigenvalue weighted by Gasteiger charge is 2.38. The zero-order valence-corrected chi connectivity index (χ0v) is 17.6. The van der Waals surface area contributed by atoms with E-state index >= 15 is 0 Å². The highest BCUT2D eigenvalue weighted by atomic mass is 79.9. The van der Waals surface area contributed by atoms with Crippen LogP contribution in [0.1, 0.15) is 42.9 Å². The van der Waals surface area contributed by atoms with E-state index in [0.29, 0.717) is 17.4 Å². The number of nitrogens with one attached hydrogen (secondary N) is 2. The zero-order valence-electron chi connectivity index (χ0n) is 15.2. The molecule has 0 saturated carbocycles. The molecule has 1 heterocycles. The largest absolute Gasteiger partial charge is 0.378 e. The predicted octanol–water partition coefficient (Wildman–Crippen LogP) is 4.96. The van der Waals surface area contributed by atoms with E-state index in [4.69, 9.17) is 0 Å². The molecular formula is C21H23BrN2O2S. The van der Waals surface area contributed by atoms with Crippen molar-refractivity contribution < 1.29 is 8.42 Å². The molecule has 2 N–H and O–H groups in total. The lowest BCUT2D eigenvalue weighted by Crippen LogP contribution is -2.30. The predicted molar refractivity (Wildman–Crippen MR) is 112 cm³/mol. The Morgan fingerprint density at radius 2 is 1.96 bits per heavy atom. The fourth-order valence-electron chi connectivity index (χ4n) is 4.06. The van der Waals surface area contributed by atoms with Crippen LogP contribution in [0.4, 0.5) is 5.69 Å². The Bertz CT molecular complexity index is 970. The van der Waals surface area contributed by atoms with Crippen LogP contribution in [0.5, 0.6) is 0 Å². The molecule has 0 radical (unpaired) electrons. The lowest BCUT2D eigenvalue weighted by Gasteiger charge is -2.37. The second-order valence-corrected chi connectivity index (χ2v) is 9.86. The zero-order chi connectivity index (χ0) is 19.0. The van der Waals surface area contributed by atoms with E-state index in [1.807, 2.05) is 19.1 Å². The van der Waals surface area contributed by atoms with Gasteiger partial charge in [-0.15, -0.1) is 0 Å². The molecular weight excluding hydrogens is 424 g/mol. The Hall–Kier alpha value is -1.63. The fourth-order valence-corrected chi connectivity index (χ4v) is 5.49. The number of rotatable bonds is 5. The number of allylic oxidation sites excluding steroid dienone is 2. The first kappa shape index (κ1) is 18.7. The third-order valence-corrected chi connectivity index (χ3v) is 7.40. The van der Waals surface area contributed by atoms with Crippen LogP contribution in [-0.2, 0) is 10.0 Å². The van der Waals surface area contributed by atoms with Crippen LogP contribution in [-0.4, -0.2) is 15.0 Å². The quantitative estimate of drug-likeness (QED) is 0.637. The number of benzene rings is 2. The van der Waals surface area contributed by atoms with E-state index in [9.17, 15) is 8.42 Å². The topological polar surface area (TPSA) is 58.2 Å². The average Bonchev–Trinajstić information content (AvgIpc) is 3.16. The normalized spacial score (nSPS) is 23.6. The SMILES string of the molecule is CCCNS(=O)(=O)c1ccc2c(c1)C1C=CCC1C(c1ccc(Br)cc1)N2. The molecule has 142 valence electrons. The van der Waals surface area contributed by atoms with Crippen LogP contribution in [0.2, 0.25) is 0 Å². The third-order valence-electron chi connectivity index (χ3n) is 5.42. The van der Waals surface area contributed by atoms with Gasteiger partial charge in [0.05, 0.1) is 10.9 Å². The minimum absolute atomic E-state index is 0.214. The van der Waals surface area contributed by atoms with Gasteiger partial charge in [0.2, 0.25) is 10.0 Å². The van der Waals surface area contributed by atoms with Gasteiger partial charge in [-0.1, -0.05) is 47.1 Å². The summed E-state index contributed by atoms with van der Waals surface area (Å²) in [5.41, 5.74) is 3.34. The van der Waals surface area contributed by atoms with Crippen molar-refractivity contribution in [3.63, 3.8) is 0 Å². The summed E-state index contributed by atoms with van der Waals surface area (Å²) >= 11 is 3.50. The van der Waals surface area contributed by atoms with Gasteiger partial charge in [-0.3, -0.25) is 0 Å². The van der Waals surface area contributed by atoms with Crippen molar-refractivity contribution in [3.8, 4) is 0 Å². The highest BCUT2D eigenvalue weighted by molar-refractivity contribution is 9.10. The lowest BCUT2D eigenvalue weighted by atomic mass is 9.77. The fraction of sp³-hybridized carbons (Fsp3) is 0.333. The summed E-state index contributed by atoms with van der Waals surface area (Å²) < 4.78 is 28.8. The monoisotopic (exact) mass is 446 g/mol. The second-order valence-electron chi connectivity index (χ2n) is 7.17. The molecule has 0 amide bonds. The van der Waals surface area contributed by atoms with Crippen molar-refractivity contribution in [2.24, 2.45) is 5.92 Å². The van der Waals surface area contributed by atoms with E-state index in [2.05, 4.69) is 62.4 Å². The number of sulfonamides is 1. The highest BCUT2D eigenvalue weighted by Crippen LogP contribution is 2.50. The second kappa shape index (κ2) is 7.41. The molecule has 2 aromatic rings. The van der Waals surface area contributed by atoms with E-state index in [-0.39, 0.29) is 12.0 Å². The molecule has 6 heteroatoms. The van der Waals surface area contributed by atoms with Gasteiger partial charge in [-0.2, -0.15) is 0 Å². The lowest BCUT2D eigenvalue weighted by molar-refractivity contribution is 0.425. The van der Waals surface area contributed by atoms with Gasteiger partial charge in [0.1, 0.15) is 0 Å². The minimum Gasteiger partial charge on any atom is -0.378 e. The first-order valence-electron chi connectivity index (χ1n) is 9.32. The summed E-state index contributed by atoms with van der Waals surface area (Å²) in [4.78, 5) is 0.345. The number of fused-ring (bicyclic) bond motifs is 3. The molecule has 4 nitrogen and oxygen atoms in total. The molecule has 1 aliphatic carbocycles. The van der Waals surface area contributed by atoms with Crippen molar-refractivity contribution in [2.45, 2.75) is 36.6 Å². The van der Waals surface area contributed by atoms with Gasteiger partial charge >= 0.3 is 0 Å². The van der Waals surface area contributed by atoms with Crippen LogP contribution in [0, 0.1) is 5.92 Å². The number of halogens is 1. The number of hydrogen-bond donors (Lipinski definition) is 2. The standard InChI is InChI=1S/C21H23BrN2O2S/c1-2-12-23-27(25,26)16-10-11-20-19(13-16)17-4-3-5-18(17)21(24-20)14-6-8-15(22)9-7-14/h3-4,6-11,13,17-18,21,23-24H,2,5,12H2,1H3. The van der Waals surface area contributed by atoms with Crippen molar-refractivity contribution in [2.75, 3.05) is 11.9 Å². The van der Waals surface area contributed by atoms with Gasteiger partial charge in [0.15, 0.2) is 0 Å². The Labute approximate surface area is 169 Å². The van der Waals surface area contributed by atoms with Crippen LogP contribution in [0.15, 0.2) is 64.0 Å². The Morgan fingerprint density at radius 3 is 2.70 bits per heavy atom. The summed E-state index contributed by atoms with van der Waals surface area (Å²) in [6, 6.07) is 14.1. The van der Waals surface area contributed by atoms with Gasteiger partial charge in [-0.05, 0) is 60.2 Å². The van der Waals surface area contributed by atoms with E-state index in [0.717, 1.165) is 28.6 Å². The number of anilines is 1. The molecule has 0 aromatic heterocycles. The summed E-state index contributed by atoms with van der Waals surface area (Å²) in [7, 11) is -3.46. The summed E-state index contributed by atoms with van der Waals surface area (Å²) in [5, 5.41) is 3.66. The molecule has 2 aromatic carbocycles. The molecule has 1 aliphatic heterocycles. The van der Waals surface area contributed by atoms with Gasteiger partial charge in [-0.25, -0.2) is 13.1 Å². The summed E-state index contributed by atoms with van der Waals surface area (Å²) in [6.07, 6.45) is 6.21. The molecule has 0 bridgehead atoms. The average molecular weight is 447 g/mol. The molecule has 3 atom stereocenters. The number of hydrogen-bond acceptors (Lipinski definition) is 3. The van der Waals surface area contributed by atoms with E-state index in [1.165, 1.54) is 5.56 Å². The summed E-state index contributed by atoms with van der Waals surface area (Å²) in [6.45, 7) is 2.41. The van der Waals surface area contributed by atoms with Gasteiger partial charge < -0.3 is 5.32 Å². The van der Waals surface area contributed by atoms with E-state index < -0.39 is 10.0 Å². The molecule has 4 rings (SSSR count). The minimum atomic E-state index is -3.46. The maximum absolute atomic E-state index is 12.5. The Balaban J connectivity index is 1.70. The Morgan fingerprint density at radius 1 is 1.19 bits per heavy atom. The van der Waals surface area contributed by atoms with Gasteiger partial charge in [0.25, 0.3) is 0 Å². The van der Waals surface area contributed by atoms with Gasteiger partial charge in [0, 0.05) is 22.6 Å². The molecule has 0 spiro atoms. The van der Waals surface area contributed by atoms with Crippen molar-refractivity contribution in [3.05, 3.63) is 70.2 Å². The van der Waals surface area contributed by atoms with Crippen LogP contribution >= 0.6 is 15.9 Å². The summed E-state index contributed by atoms with van der Waals surface area (Å²) in [5.74, 6) is 0.622. The smallest absolute Gasteiger partial charge is 0.240 e. The van der Waals surface area contributed by atoms with Crippen LogP contribution in [0.3, 0.4) is 0 Å². The molecule has 3 unspecified atom stereocenters. The first-order valence-corrected chi connectivity index (χ1v) is 11.6. The van der Waals surface area contributed by atoms with Crippen LogP contribution in [0.25, 0.3) is 0 Å². The first-order chi connectivity index (χ1) is 13.0. The van der Waals surface area contributed by atoms with Crippen molar-refractivity contribution in [1.29, 1.82) is 0 Å². The van der Waals surface area contributed by atoms with Crippen molar-refractivity contribution in [1.82, 2.24) is 4.72 Å². The van der Waals surface area contributed by atoms with Crippen molar-refractivity contribution >= 4 is 31.6 Å². The third kappa shape index (κ3) is 3.58. The van der Waals surface area contributed by atoms with Crippen LogP contribution < -0.4 is 10.0 Å². The maximum atomic E-state index is 12.5. The molecule has 0 saturated heterocycles. The van der Waals surface area contributed by atoms with E-state index in [1.54, 1.807) is 6.07 Å². The maximum Gasteiger partial charge on any atom is 0.240 e. The molecule has 2 aliphatic rings.